The minimum atomic E-state index is 0. The van der Waals surface area contributed by atoms with E-state index in [1.807, 2.05) is 0 Å². The Morgan fingerprint density at radius 2 is 0.700 bits per heavy atom. The maximum atomic E-state index is 2.25. The molecule has 0 amide bonds. The molecule has 0 N–H and O–H groups in total. The third-order valence-electron chi connectivity index (χ3n) is 5.47. The Morgan fingerprint density at radius 1 is 0.433 bits per heavy atom. The molecular weight excluding hydrogens is 500 g/mol. The van der Waals surface area contributed by atoms with Crippen LogP contribution in [0.4, 0.5) is 0 Å². The summed E-state index contributed by atoms with van der Waals surface area (Å²) >= 11 is 0. The largest absolute Gasteiger partial charge is 1.00 e. The predicted octanol–water partition coefficient (Wildman–Crippen LogP) is -1.02. The van der Waals surface area contributed by atoms with Crippen LogP contribution < -0.4 is 43.1 Å². The minimum absolute atomic E-state index is 0. The van der Waals surface area contributed by atoms with Gasteiger partial charge in [0.25, 0.3) is 0 Å². The molecular formula is C26H22Br2N2. The smallest absolute Gasteiger partial charge is 0.169 e. The van der Waals surface area contributed by atoms with Crippen LogP contribution in [0.1, 0.15) is 0 Å². The fourth-order valence-corrected chi connectivity index (χ4v) is 4.09. The van der Waals surface area contributed by atoms with Crippen LogP contribution in [0.2, 0.25) is 0 Å². The molecule has 5 aromatic rings. The highest BCUT2D eigenvalue weighted by atomic mass is 79.9. The van der Waals surface area contributed by atoms with Gasteiger partial charge in [-0.2, -0.15) is 0 Å². The summed E-state index contributed by atoms with van der Waals surface area (Å²) in [6.45, 7) is 0. The van der Waals surface area contributed by atoms with E-state index < -0.39 is 0 Å². The third-order valence-corrected chi connectivity index (χ3v) is 5.47. The van der Waals surface area contributed by atoms with E-state index in [4.69, 9.17) is 0 Å². The first-order chi connectivity index (χ1) is 13.7. The van der Waals surface area contributed by atoms with Gasteiger partial charge >= 0.3 is 0 Å². The van der Waals surface area contributed by atoms with E-state index in [9.17, 15) is 0 Å². The van der Waals surface area contributed by atoms with Crippen molar-refractivity contribution in [2.24, 2.45) is 14.1 Å². The molecule has 0 radical (unpaired) electrons. The molecule has 0 saturated heterocycles. The molecule has 5 rings (SSSR count). The van der Waals surface area contributed by atoms with Crippen molar-refractivity contribution in [1.29, 1.82) is 0 Å². The molecule has 30 heavy (non-hydrogen) atoms. The lowest BCUT2D eigenvalue weighted by atomic mass is 9.86. The summed E-state index contributed by atoms with van der Waals surface area (Å²) < 4.78 is 4.15. The Balaban J connectivity index is 0.00000128. The molecule has 0 aliphatic carbocycles. The van der Waals surface area contributed by atoms with Crippen LogP contribution in [-0.4, -0.2) is 0 Å². The molecule has 150 valence electrons. The molecule has 3 aromatic carbocycles. The van der Waals surface area contributed by atoms with Crippen LogP contribution >= 0.6 is 0 Å². The number of rotatable bonds is 2. The van der Waals surface area contributed by atoms with Gasteiger partial charge in [0.05, 0.1) is 0 Å². The highest BCUT2D eigenvalue weighted by Crippen LogP contribution is 2.42. The van der Waals surface area contributed by atoms with Gasteiger partial charge in [-0.3, -0.25) is 0 Å². The van der Waals surface area contributed by atoms with Crippen LogP contribution in [-0.2, 0) is 14.1 Å². The van der Waals surface area contributed by atoms with E-state index in [1.54, 1.807) is 0 Å². The first-order valence-electron chi connectivity index (χ1n) is 9.57. The highest BCUT2D eigenvalue weighted by molar-refractivity contribution is 6.21. The van der Waals surface area contributed by atoms with Gasteiger partial charge in [-0.05, 0) is 43.8 Å². The molecule has 0 saturated carbocycles. The monoisotopic (exact) mass is 520 g/mol. The molecule has 4 heteroatoms. The molecule has 0 atom stereocenters. The summed E-state index contributed by atoms with van der Waals surface area (Å²) in [5.74, 6) is 0. The zero-order valence-electron chi connectivity index (χ0n) is 16.9. The standard InChI is InChI=1S/C26H22N2.2BrH/c1-27-15-11-19(12-16-27)25-21-7-3-5-9-23(21)26(20-13-17-28(2)18-14-20)24-10-6-4-8-22(24)25;;/h3-18H,1-2H3;2*1H/q+2;;/p-2. The topological polar surface area (TPSA) is 7.76 Å². The maximum absolute atomic E-state index is 2.25. The van der Waals surface area contributed by atoms with E-state index in [0.717, 1.165) is 0 Å². The van der Waals surface area contributed by atoms with Crippen LogP contribution in [0.25, 0.3) is 43.8 Å². The van der Waals surface area contributed by atoms with Crippen LogP contribution in [0.15, 0.2) is 97.6 Å². The van der Waals surface area contributed by atoms with Crippen molar-refractivity contribution >= 4 is 21.5 Å². The first kappa shape index (κ1) is 22.1. The second-order valence-electron chi connectivity index (χ2n) is 7.35. The lowest BCUT2D eigenvalue weighted by Crippen LogP contribution is -3.00. The lowest BCUT2D eigenvalue weighted by molar-refractivity contribution is -0.671. The van der Waals surface area contributed by atoms with Gasteiger partial charge in [-0.25, -0.2) is 9.13 Å². The van der Waals surface area contributed by atoms with Crippen molar-refractivity contribution in [3.63, 3.8) is 0 Å². The van der Waals surface area contributed by atoms with E-state index in [2.05, 4.69) is 121 Å². The van der Waals surface area contributed by atoms with Gasteiger partial charge in [-0.15, -0.1) is 0 Å². The van der Waals surface area contributed by atoms with Gasteiger partial charge in [-0.1, -0.05) is 48.5 Å². The molecule has 0 spiro atoms. The Morgan fingerprint density at radius 3 is 0.967 bits per heavy atom. The Kier molecular flexibility index (Phi) is 6.69. The fourth-order valence-electron chi connectivity index (χ4n) is 4.09. The van der Waals surface area contributed by atoms with E-state index >= 15 is 0 Å². The van der Waals surface area contributed by atoms with Crippen molar-refractivity contribution in [2.45, 2.75) is 0 Å². The molecule has 0 aliphatic rings. The Labute approximate surface area is 198 Å². The molecule has 2 aromatic heterocycles. The second-order valence-corrected chi connectivity index (χ2v) is 7.35. The van der Waals surface area contributed by atoms with Crippen molar-refractivity contribution in [1.82, 2.24) is 0 Å². The molecule has 0 aliphatic heterocycles. The summed E-state index contributed by atoms with van der Waals surface area (Å²) in [5, 5.41) is 5.16. The van der Waals surface area contributed by atoms with Gasteiger partial charge in [0.1, 0.15) is 14.1 Å². The average molecular weight is 522 g/mol. The summed E-state index contributed by atoms with van der Waals surface area (Å²) in [7, 11) is 4.11. The molecule has 0 fully saturated rings. The lowest BCUT2D eigenvalue weighted by Gasteiger charge is -2.17. The van der Waals surface area contributed by atoms with Crippen LogP contribution in [0.5, 0.6) is 0 Å². The summed E-state index contributed by atoms with van der Waals surface area (Å²) in [6, 6.07) is 26.4. The van der Waals surface area contributed by atoms with Crippen molar-refractivity contribution in [3.05, 3.63) is 97.6 Å². The molecule has 2 heterocycles. The average Bonchev–Trinajstić information content (AvgIpc) is 2.74. The number of hydrogen-bond donors (Lipinski definition) is 0. The number of aryl methyl sites for hydroxylation is 2. The van der Waals surface area contributed by atoms with Crippen LogP contribution in [0, 0.1) is 0 Å². The number of hydrogen-bond acceptors (Lipinski definition) is 0. The van der Waals surface area contributed by atoms with Crippen molar-refractivity contribution in [3.8, 4) is 22.3 Å². The Hall–Kier alpha value is -2.56. The summed E-state index contributed by atoms with van der Waals surface area (Å²) in [5.41, 5.74) is 5.10. The number of benzene rings is 3. The molecule has 0 unspecified atom stereocenters. The zero-order valence-corrected chi connectivity index (χ0v) is 20.1. The maximum Gasteiger partial charge on any atom is 0.169 e. The van der Waals surface area contributed by atoms with E-state index in [1.165, 1.54) is 43.8 Å². The van der Waals surface area contributed by atoms with E-state index in [0.29, 0.717) is 0 Å². The molecule has 0 bridgehead atoms. The number of aromatic nitrogens is 2. The SMILES string of the molecule is C[n+]1ccc(-c2c3ccccc3c(-c3cc[n+](C)cc3)c3ccccc23)cc1.[Br-].[Br-]. The molecule has 2 nitrogen and oxygen atoms in total. The summed E-state index contributed by atoms with van der Waals surface area (Å²) in [4.78, 5) is 0. The fraction of sp³-hybridized carbons (Fsp3) is 0.0769. The number of pyridine rings is 2. The second kappa shape index (κ2) is 9.07. The predicted molar refractivity (Wildman–Crippen MR) is 115 cm³/mol. The summed E-state index contributed by atoms with van der Waals surface area (Å²) in [6.07, 6.45) is 8.46. The zero-order chi connectivity index (χ0) is 19.1. The van der Waals surface area contributed by atoms with Gasteiger partial charge in [0.2, 0.25) is 0 Å². The normalized spacial score (nSPS) is 10.5. The Bertz CT molecular complexity index is 1150. The van der Waals surface area contributed by atoms with E-state index in [-0.39, 0.29) is 34.0 Å². The van der Waals surface area contributed by atoms with Crippen LogP contribution in [0.3, 0.4) is 0 Å². The number of nitrogens with zero attached hydrogens (tertiary/aromatic N) is 2. The van der Waals surface area contributed by atoms with Crippen molar-refractivity contribution < 1.29 is 43.1 Å². The minimum Gasteiger partial charge on any atom is -1.00 e. The number of fused-ring (bicyclic) bond motifs is 2. The third kappa shape index (κ3) is 3.78. The van der Waals surface area contributed by atoms with Gasteiger partial charge in [0, 0.05) is 24.3 Å². The van der Waals surface area contributed by atoms with Gasteiger partial charge < -0.3 is 34.0 Å². The first-order valence-corrected chi connectivity index (χ1v) is 9.57. The number of halogens is 2. The highest BCUT2D eigenvalue weighted by Gasteiger charge is 2.17. The van der Waals surface area contributed by atoms with Crippen molar-refractivity contribution in [2.75, 3.05) is 0 Å². The van der Waals surface area contributed by atoms with Gasteiger partial charge in [0.15, 0.2) is 24.8 Å². The quantitative estimate of drug-likeness (QED) is 0.208.